The highest BCUT2D eigenvalue weighted by atomic mass is 32.2. The van der Waals surface area contributed by atoms with Crippen LogP contribution in [0.15, 0.2) is 65.8 Å². The number of nitrogens with zero attached hydrogens (tertiary/aromatic N) is 3. The van der Waals surface area contributed by atoms with Gasteiger partial charge in [-0.1, -0.05) is 67.2 Å². The molecule has 31 heavy (non-hydrogen) atoms. The number of aromatic nitrogens is 2. The van der Waals surface area contributed by atoms with Crippen molar-refractivity contribution in [3.8, 4) is 0 Å². The minimum Gasteiger partial charge on any atom is -0.324 e. The predicted molar refractivity (Wildman–Crippen MR) is 126 cm³/mol. The van der Waals surface area contributed by atoms with Gasteiger partial charge in [-0.3, -0.25) is 4.79 Å². The van der Waals surface area contributed by atoms with Gasteiger partial charge >= 0.3 is 0 Å². The number of benzene rings is 2. The van der Waals surface area contributed by atoms with Gasteiger partial charge in [0.05, 0.1) is 5.88 Å². The quantitative estimate of drug-likeness (QED) is 0.388. The van der Waals surface area contributed by atoms with Crippen molar-refractivity contribution in [2.75, 3.05) is 5.88 Å². The van der Waals surface area contributed by atoms with Gasteiger partial charge in [0.25, 0.3) is 5.91 Å². The molecular weight excluding hydrogens is 402 g/mol. The van der Waals surface area contributed by atoms with Gasteiger partial charge < -0.3 is 4.90 Å². The third-order valence-electron chi connectivity index (χ3n) is 6.21. The molecule has 0 aliphatic carbocycles. The average molecular weight is 432 g/mol. The maximum Gasteiger partial charge on any atom is 0.255 e. The van der Waals surface area contributed by atoms with Gasteiger partial charge in [0.15, 0.2) is 5.16 Å². The zero-order valence-corrected chi connectivity index (χ0v) is 19.7. The number of hydrogen-bond donors (Lipinski definition) is 0. The van der Waals surface area contributed by atoms with E-state index in [1.165, 1.54) is 17.3 Å². The normalized spacial score (nSPS) is 20.3. The predicted octanol–water partition coefficient (Wildman–Crippen LogP) is 5.77. The van der Waals surface area contributed by atoms with Crippen LogP contribution < -0.4 is 0 Å². The Balaban J connectivity index is 1.75. The van der Waals surface area contributed by atoms with E-state index in [4.69, 9.17) is 0 Å². The van der Waals surface area contributed by atoms with Crippen LogP contribution in [0.4, 0.5) is 0 Å². The maximum atomic E-state index is 13.8. The summed E-state index contributed by atoms with van der Waals surface area (Å²) in [5.74, 6) is 0.575. The minimum atomic E-state index is -0.355. The van der Waals surface area contributed by atoms with Gasteiger partial charge in [-0.05, 0) is 57.4 Å². The van der Waals surface area contributed by atoms with Crippen LogP contribution >= 0.6 is 11.8 Å². The molecule has 1 unspecified atom stereocenters. The van der Waals surface area contributed by atoms with Gasteiger partial charge in [-0.25, -0.2) is 9.97 Å². The Morgan fingerprint density at radius 1 is 0.935 bits per heavy atom. The Morgan fingerprint density at radius 2 is 1.55 bits per heavy atom. The minimum absolute atomic E-state index is 0.0668. The second-order valence-electron chi connectivity index (χ2n) is 9.17. The van der Waals surface area contributed by atoms with Gasteiger partial charge in [0.1, 0.15) is 0 Å². The molecule has 3 aromatic rings. The number of aryl methyl sites for hydroxylation is 2. The first-order valence-electron chi connectivity index (χ1n) is 10.6. The molecule has 1 amide bonds. The lowest BCUT2D eigenvalue weighted by atomic mass is 9.69. The number of fused-ring (bicyclic) bond motifs is 1. The van der Waals surface area contributed by atoms with E-state index in [0.717, 1.165) is 28.9 Å². The number of thioether (sulfide) groups is 1. The number of amides is 1. The van der Waals surface area contributed by atoms with E-state index in [9.17, 15) is 4.79 Å². The van der Waals surface area contributed by atoms with Crippen molar-refractivity contribution in [3.05, 3.63) is 88.7 Å². The fourth-order valence-electron chi connectivity index (χ4n) is 4.80. The van der Waals surface area contributed by atoms with Crippen LogP contribution in [0.2, 0.25) is 0 Å². The SMILES string of the molecule is Cc1cc(C)nc(SCN2C(=O)c3ccccc3C(C)(c3ccccc3)CC2(C)C)n1. The summed E-state index contributed by atoms with van der Waals surface area (Å²) in [6.07, 6.45) is 0.820. The lowest BCUT2D eigenvalue weighted by Crippen LogP contribution is -2.48. The molecule has 0 saturated carbocycles. The van der Waals surface area contributed by atoms with Crippen LogP contribution in [-0.4, -0.2) is 32.2 Å². The second-order valence-corrected chi connectivity index (χ2v) is 10.1. The lowest BCUT2D eigenvalue weighted by Gasteiger charge is -2.41. The van der Waals surface area contributed by atoms with E-state index in [1.54, 1.807) is 0 Å². The van der Waals surface area contributed by atoms with E-state index >= 15 is 0 Å². The largest absolute Gasteiger partial charge is 0.324 e. The molecule has 1 aliphatic rings. The molecule has 0 radical (unpaired) electrons. The molecule has 0 bridgehead atoms. The van der Waals surface area contributed by atoms with Crippen molar-refractivity contribution in [1.29, 1.82) is 0 Å². The first kappa shape index (κ1) is 21.6. The summed E-state index contributed by atoms with van der Waals surface area (Å²) >= 11 is 1.52. The Hall–Kier alpha value is -2.66. The smallest absolute Gasteiger partial charge is 0.255 e. The van der Waals surface area contributed by atoms with Crippen molar-refractivity contribution in [3.63, 3.8) is 0 Å². The monoisotopic (exact) mass is 431 g/mol. The van der Waals surface area contributed by atoms with Crippen molar-refractivity contribution < 1.29 is 4.79 Å². The van der Waals surface area contributed by atoms with Crippen LogP contribution in [0.3, 0.4) is 0 Å². The number of carbonyl (C=O) groups is 1. The van der Waals surface area contributed by atoms with Gasteiger partial charge in [0.2, 0.25) is 0 Å². The number of hydrogen-bond acceptors (Lipinski definition) is 4. The second kappa shape index (κ2) is 8.12. The zero-order chi connectivity index (χ0) is 22.2. The van der Waals surface area contributed by atoms with Gasteiger partial charge in [-0.15, -0.1) is 0 Å². The average Bonchev–Trinajstić information content (AvgIpc) is 2.79. The van der Waals surface area contributed by atoms with E-state index in [-0.39, 0.29) is 16.9 Å². The summed E-state index contributed by atoms with van der Waals surface area (Å²) in [6.45, 7) is 10.5. The fourth-order valence-corrected chi connectivity index (χ4v) is 5.93. The summed E-state index contributed by atoms with van der Waals surface area (Å²) in [7, 11) is 0. The van der Waals surface area contributed by atoms with Crippen LogP contribution in [-0.2, 0) is 5.41 Å². The van der Waals surface area contributed by atoms with E-state index < -0.39 is 0 Å². The highest BCUT2D eigenvalue weighted by Crippen LogP contribution is 2.45. The molecule has 1 atom stereocenters. The molecule has 4 rings (SSSR count). The third kappa shape index (κ3) is 4.11. The molecule has 1 aliphatic heterocycles. The van der Waals surface area contributed by atoms with Crippen molar-refractivity contribution in [2.45, 2.75) is 57.1 Å². The number of rotatable bonds is 4. The summed E-state index contributed by atoms with van der Waals surface area (Å²) in [6, 6.07) is 20.6. The first-order valence-corrected chi connectivity index (χ1v) is 11.6. The standard InChI is InChI=1S/C26H29N3OS/c1-18-15-19(2)28-24(27-18)31-17-29-23(30)21-13-9-10-14-22(21)26(5,16-25(29,3)4)20-11-7-6-8-12-20/h6-15H,16-17H2,1-5H3. The summed E-state index contributed by atoms with van der Waals surface area (Å²) in [4.78, 5) is 24.9. The van der Waals surface area contributed by atoms with E-state index in [0.29, 0.717) is 11.0 Å². The molecule has 2 aromatic carbocycles. The highest BCUT2D eigenvalue weighted by molar-refractivity contribution is 7.99. The Morgan fingerprint density at radius 3 is 2.23 bits per heavy atom. The third-order valence-corrected chi connectivity index (χ3v) is 7.04. The van der Waals surface area contributed by atoms with Gasteiger partial charge in [-0.2, -0.15) is 0 Å². The number of carbonyl (C=O) groups excluding carboxylic acids is 1. The van der Waals surface area contributed by atoms with Crippen LogP contribution in [0.5, 0.6) is 0 Å². The molecule has 0 fully saturated rings. The molecular formula is C26H29N3OS. The van der Waals surface area contributed by atoms with E-state index in [2.05, 4.69) is 61.1 Å². The molecule has 0 N–H and O–H groups in total. The fraction of sp³-hybridized carbons (Fsp3) is 0.346. The Bertz CT molecular complexity index is 1090. The molecule has 2 heterocycles. The molecule has 1 aromatic heterocycles. The molecule has 0 spiro atoms. The van der Waals surface area contributed by atoms with E-state index in [1.807, 2.05) is 49.1 Å². The van der Waals surface area contributed by atoms with Crippen LogP contribution in [0.1, 0.15) is 60.1 Å². The lowest BCUT2D eigenvalue weighted by molar-refractivity contribution is 0.0588. The summed E-state index contributed by atoms with van der Waals surface area (Å²) in [5, 5.41) is 0.712. The molecule has 160 valence electrons. The zero-order valence-electron chi connectivity index (χ0n) is 18.8. The topological polar surface area (TPSA) is 46.1 Å². The first-order chi connectivity index (χ1) is 14.7. The Labute approximate surface area is 189 Å². The summed E-state index contributed by atoms with van der Waals surface area (Å²) < 4.78 is 0. The molecule has 0 saturated heterocycles. The Kier molecular flexibility index (Phi) is 5.65. The van der Waals surface area contributed by atoms with Gasteiger partial charge in [0, 0.05) is 27.9 Å². The highest BCUT2D eigenvalue weighted by Gasteiger charge is 2.45. The molecule has 4 nitrogen and oxygen atoms in total. The maximum absolute atomic E-state index is 13.8. The summed E-state index contributed by atoms with van der Waals surface area (Å²) in [5.41, 5.74) is 4.36. The molecule has 5 heteroatoms. The van der Waals surface area contributed by atoms with Crippen molar-refractivity contribution in [2.24, 2.45) is 0 Å². The van der Waals surface area contributed by atoms with Crippen LogP contribution in [0, 0.1) is 13.8 Å². The van der Waals surface area contributed by atoms with Crippen molar-refractivity contribution in [1.82, 2.24) is 14.9 Å². The van der Waals surface area contributed by atoms with Crippen LogP contribution in [0.25, 0.3) is 0 Å². The van der Waals surface area contributed by atoms with Crippen molar-refractivity contribution >= 4 is 17.7 Å².